The summed E-state index contributed by atoms with van der Waals surface area (Å²) >= 11 is 0. The Morgan fingerprint density at radius 3 is 2.45 bits per heavy atom. The van der Waals surface area contributed by atoms with Gasteiger partial charge in [0.2, 0.25) is 10.0 Å². The van der Waals surface area contributed by atoms with Crippen LogP contribution < -0.4 is 5.69 Å². The van der Waals surface area contributed by atoms with Crippen molar-refractivity contribution in [3.63, 3.8) is 0 Å². The van der Waals surface area contributed by atoms with Gasteiger partial charge in [-0.05, 0) is 49.2 Å². The van der Waals surface area contributed by atoms with Gasteiger partial charge in [-0.25, -0.2) is 26.9 Å². The zero-order chi connectivity index (χ0) is 20.6. The number of piperidine rings is 1. The number of benzene rings is 2. The third kappa shape index (κ3) is 3.63. The molecule has 1 atom stereocenters. The summed E-state index contributed by atoms with van der Waals surface area (Å²) < 4.78 is 43.4. The Bertz CT molecular complexity index is 1170. The number of sulfonamides is 1. The molecule has 0 N–H and O–H groups in total. The highest BCUT2D eigenvalue weighted by Gasteiger charge is 2.33. The molecule has 1 aliphatic heterocycles. The maximum absolute atomic E-state index is 13.2. The van der Waals surface area contributed by atoms with Crippen LogP contribution in [0.25, 0.3) is 5.69 Å². The van der Waals surface area contributed by atoms with E-state index in [0.29, 0.717) is 24.5 Å². The van der Waals surface area contributed by atoms with Crippen LogP contribution in [0, 0.1) is 5.82 Å². The topological polar surface area (TPSA) is 77.2 Å². The van der Waals surface area contributed by atoms with Gasteiger partial charge in [0.05, 0.1) is 10.6 Å². The van der Waals surface area contributed by atoms with Crippen molar-refractivity contribution < 1.29 is 12.8 Å². The van der Waals surface area contributed by atoms with Crippen molar-refractivity contribution in [2.75, 3.05) is 13.1 Å². The number of nitrogens with zero attached hydrogens (tertiary/aromatic N) is 4. The summed E-state index contributed by atoms with van der Waals surface area (Å²) in [6, 6.07) is 14.0. The fourth-order valence-electron chi connectivity index (χ4n) is 3.70. The molecule has 9 heteroatoms. The van der Waals surface area contributed by atoms with Gasteiger partial charge in [0, 0.05) is 26.1 Å². The zero-order valence-electron chi connectivity index (χ0n) is 15.9. The first-order chi connectivity index (χ1) is 13.9. The van der Waals surface area contributed by atoms with Gasteiger partial charge in [-0.3, -0.25) is 0 Å². The van der Waals surface area contributed by atoms with Gasteiger partial charge < -0.3 is 0 Å². The van der Waals surface area contributed by atoms with E-state index in [4.69, 9.17) is 0 Å². The maximum atomic E-state index is 13.2. The SMILES string of the molecule is Cn1nc(C2CCCN(S(=O)(=O)c3ccc(F)cc3)C2)n(-c2ccccc2)c1=O. The molecule has 0 radical (unpaired) electrons. The van der Waals surface area contributed by atoms with Crippen molar-refractivity contribution in [2.45, 2.75) is 23.7 Å². The Balaban J connectivity index is 1.69. The van der Waals surface area contributed by atoms with E-state index in [9.17, 15) is 17.6 Å². The van der Waals surface area contributed by atoms with Crippen LogP contribution >= 0.6 is 0 Å². The van der Waals surface area contributed by atoms with E-state index in [1.807, 2.05) is 30.3 Å². The van der Waals surface area contributed by atoms with Gasteiger partial charge in [-0.2, -0.15) is 9.40 Å². The molecule has 2 heterocycles. The standard InChI is InChI=1S/C20H21FN4O3S/c1-23-20(26)25(17-7-3-2-4-8-17)19(22-23)15-6-5-13-24(14-15)29(27,28)18-11-9-16(21)10-12-18/h2-4,7-12,15H,5-6,13-14H2,1H3. The minimum Gasteiger partial charge on any atom is -0.247 e. The van der Waals surface area contributed by atoms with Crippen LogP contribution in [0.4, 0.5) is 4.39 Å². The van der Waals surface area contributed by atoms with Gasteiger partial charge in [-0.15, -0.1) is 0 Å². The van der Waals surface area contributed by atoms with E-state index >= 15 is 0 Å². The van der Waals surface area contributed by atoms with Crippen molar-refractivity contribution in [1.82, 2.24) is 18.7 Å². The summed E-state index contributed by atoms with van der Waals surface area (Å²) in [7, 11) is -2.17. The molecule has 0 amide bonds. The summed E-state index contributed by atoms with van der Waals surface area (Å²) in [4.78, 5) is 12.7. The number of hydrogen-bond donors (Lipinski definition) is 0. The first-order valence-electron chi connectivity index (χ1n) is 9.35. The van der Waals surface area contributed by atoms with Crippen LogP contribution in [-0.2, 0) is 17.1 Å². The van der Waals surface area contributed by atoms with Crippen LogP contribution in [0.5, 0.6) is 0 Å². The Morgan fingerprint density at radius 1 is 1.07 bits per heavy atom. The molecule has 7 nitrogen and oxygen atoms in total. The van der Waals surface area contributed by atoms with E-state index in [1.54, 1.807) is 11.6 Å². The van der Waals surface area contributed by atoms with Gasteiger partial charge in [0.15, 0.2) is 0 Å². The van der Waals surface area contributed by atoms with Gasteiger partial charge in [-0.1, -0.05) is 18.2 Å². The van der Waals surface area contributed by atoms with Crippen LogP contribution in [-0.4, -0.2) is 40.2 Å². The summed E-state index contributed by atoms with van der Waals surface area (Å²) in [6.07, 6.45) is 1.36. The molecule has 0 bridgehead atoms. The van der Waals surface area contributed by atoms with Crippen LogP contribution in [0.15, 0.2) is 64.3 Å². The molecule has 1 unspecified atom stereocenters. The van der Waals surface area contributed by atoms with E-state index < -0.39 is 15.8 Å². The predicted octanol–water partition coefficient (Wildman–Crippen LogP) is 2.28. The highest BCUT2D eigenvalue weighted by molar-refractivity contribution is 7.89. The Morgan fingerprint density at radius 2 is 1.76 bits per heavy atom. The summed E-state index contributed by atoms with van der Waals surface area (Å²) in [5, 5.41) is 4.41. The molecule has 29 heavy (non-hydrogen) atoms. The largest absolute Gasteiger partial charge is 0.350 e. The summed E-state index contributed by atoms with van der Waals surface area (Å²) in [5.41, 5.74) is 0.420. The Labute approximate surface area is 168 Å². The second-order valence-corrected chi connectivity index (χ2v) is 9.03. The maximum Gasteiger partial charge on any atom is 0.350 e. The lowest BCUT2D eigenvalue weighted by atomic mass is 9.98. The molecule has 2 aromatic carbocycles. The normalized spacial score (nSPS) is 18.1. The molecule has 152 valence electrons. The molecule has 4 rings (SSSR count). The summed E-state index contributed by atoms with van der Waals surface area (Å²) in [6.45, 7) is 0.585. The molecule has 1 aliphatic rings. The molecule has 0 spiro atoms. The van der Waals surface area contributed by atoms with Gasteiger partial charge >= 0.3 is 5.69 Å². The fraction of sp³-hybridized carbons (Fsp3) is 0.300. The first-order valence-corrected chi connectivity index (χ1v) is 10.8. The second-order valence-electron chi connectivity index (χ2n) is 7.09. The molecule has 0 saturated carbocycles. The van der Waals surface area contributed by atoms with E-state index in [2.05, 4.69) is 5.10 Å². The number of para-hydroxylation sites is 1. The van der Waals surface area contributed by atoms with Crippen molar-refractivity contribution >= 4 is 10.0 Å². The smallest absolute Gasteiger partial charge is 0.247 e. The number of halogens is 1. The minimum atomic E-state index is -3.76. The lowest BCUT2D eigenvalue weighted by molar-refractivity contribution is 0.307. The zero-order valence-corrected chi connectivity index (χ0v) is 16.7. The second kappa shape index (κ2) is 7.57. The number of rotatable bonds is 4. The van der Waals surface area contributed by atoms with Gasteiger partial charge in [0.25, 0.3) is 0 Å². The molecule has 1 aromatic heterocycles. The molecule has 1 saturated heterocycles. The Kier molecular flexibility index (Phi) is 5.10. The van der Waals surface area contributed by atoms with E-state index in [-0.39, 0.29) is 23.0 Å². The quantitative estimate of drug-likeness (QED) is 0.654. The predicted molar refractivity (Wildman–Crippen MR) is 106 cm³/mol. The summed E-state index contributed by atoms with van der Waals surface area (Å²) in [5.74, 6) is -0.170. The molecule has 1 fully saturated rings. The average Bonchev–Trinajstić information content (AvgIpc) is 3.04. The average molecular weight is 416 g/mol. The lowest BCUT2D eigenvalue weighted by Crippen LogP contribution is -2.40. The van der Waals surface area contributed by atoms with E-state index in [1.165, 1.54) is 21.1 Å². The van der Waals surface area contributed by atoms with Crippen molar-refractivity contribution in [3.05, 3.63) is 76.7 Å². The number of aromatic nitrogens is 3. The Hall–Kier alpha value is -2.78. The van der Waals surface area contributed by atoms with E-state index in [0.717, 1.165) is 18.6 Å². The molecule has 0 aliphatic carbocycles. The van der Waals surface area contributed by atoms with Gasteiger partial charge in [0.1, 0.15) is 11.6 Å². The van der Waals surface area contributed by atoms with Crippen molar-refractivity contribution in [1.29, 1.82) is 0 Å². The number of aryl methyl sites for hydroxylation is 1. The fourth-order valence-corrected chi connectivity index (χ4v) is 5.22. The third-order valence-electron chi connectivity index (χ3n) is 5.16. The molecule has 3 aromatic rings. The first kappa shape index (κ1) is 19.5. The highest BCUT2D eigenvalue weighted by Crippen LogP contribution is 2.30. The van der Waals surface area contributed by atoms with Crippen LogP contribution in [0.3, 0.4) is 0 Å². The minimum absolute atomic E-state index is 0.0565. The van der Waals surface area contributed by atoms with Crippen molar-refractivity contribution in [2.24, 2.45) is 7.05 Å². The molecular weight excluding hydrogens is 395 g/mol. The number of hydrogen-bond acceptors (Lipinski definition) is 4. The molecular formula is C20H21FN4O3S. The monoisotopic (exact) mass is 416 g/mol. The highest BCUT2D eigenvalue weighted by atomic mass is 32.2. The van der Waals surface area contributed by atoms with Crippen LogP contribution in [0.2, 0.25) is 0 Å². The van der Waals surface area contributed by atoms with Crippen molar-refractivity contribution in [3.8, 4) is 5.69 Å². The lowest BCUT2D eigenvalue weighted by Gasteiger charge is -2.31. The van der Waals surface area contributed by atoms with Crippen LogP contribution in [0.1, 0.15) is 24.6 Å². The third-order valence-corrected chi connectivity index (χ3v) is 7.04.